The first-order valence-electron chi connectivity index (χ1n) is 6.80. The predicted molar refractivity (Wildman–Crippen MR) is 76.5 cm³/mol. The molecule has 0 spiro atoms. The van der Waals surface area contributed by atoms with Crippen molar-refractivity contribution in [3.63, 3.8) is 0 Å². The molecule has 0 bridgehead atoms. The Labute approximate surface area is 118 Å². The molecule has 1 aliphatic rings. The Bertz CT molecular complexity index is 451. The lowest BCUT2D eigenvalue weighted by Crippen LogP contribution is -2.43. The van der Waals surface area contributed by atoms with Gasteiger partial charge in [0.2, 0.25) is 0 Å². The third-order valence-electron chi connectivity index (χ3n) is 3.45. The molecule has 1 unspecified atom stereocenters. The molecule has 0 aliphatic carbocycles. The summed E-state index contributed by atoms with van der Waals surface area (Å²) in [5.41, 5.74) is 0.0665. The van der Waals surface area contributed by atoms with Crippen LogP contribution in [0, 0.1) is 0 Å². The van der Waals surface area contributed by atoms with Crippen LogP contribution in [0.2, 0.25) is 0 Å². The van der Waals surface area contributed by atoms with E-state index >= 15 is 0 Å². The van der Waals surface area contributed by atoms with E-state index in [9.17, 15) is 9.90 Å². The Morgan fingerprint density at radius 1 is 1.53 bits per heavy atom. The van der Waals surface area contributed by atoms with Gasteiger partial charge < -0.3 is 5.11 Å². The van der Waals surface area contributed by atoms with Gasteiger partial charge in [-0.15, -0.1) is 11.3 Å². The van der Waals surface area contributed by atoms with E-state index in [2.05, 4.69) is 30.7 Å². The molecule has 106 valence electrons. The fourth-order valence-corrected chi connectivity index (χ4v) is 3.38. The van der Waals surface area contributed by atoms with Gasteiger partial charge in [-0.25, -0.2) is 4.98 Å². The zero-order chi connectivity index (χ0) is 14.0. The van der Waals surface area contributed by atoms with Crippen molar-refractivity contribution < 1.29 is 9.90 Å². The molecule has 19 heavy (non-hydrogen) atoms. The fourth-order valence-electron chi connectivity index (χ4n) is 2.39. The molecular weight excluding hydrogens is 260 g/mol. The zero-order valence-electron chi connectivity index (χ0n) is 11.8. The Morgan fingerprint density at radius 2 is 2.26 bits per heavy atom. The summed E-state index contributed by atoms with van der Waals surface area (Å²) in [7, 11) is 0. The van der Waals surface area contributed by atoms with Crippen molar-refractivity contribution in [2.24, 2.45) is 0 Å². The second kappa shape index (κ2) is 5.59. The van der Waals surface area contributed by atoms with E-state index in [4.69, 9.17) is 0 Å². The van der Waals surface area contributed by atoms with Gasteiger partial charge in [-0.1, -0.05) is 27.2 Å². The fraction of sp³-hybridized carbons (Fsp3) is 0.714. The number of thiazole rings is 1. The molecule has 2 rings (SSSR count). The summed E-state index contributed by atoms with van der Waals surface area (Å²) >= 11 is 1.70. The number of hydrogen-bond donors (Lipinski definition) is 1. The van der Waals surface area contributed by atoms with Gasteiger partial charge >= 0.3 is 5.97 Å². The largest absolute Gasteiger partial charge is 0.480 e. The molecule has 1 N–H and O–H groups in total. The van der Waals surface area contributed by atoms with E-state index in [1.807, 2.05) is 6.20 Å². The Kier molecular flexibility index (Phi) is 4.26. The summed E-state index contributed by atoms with van der Waals surface area (Å²) in [4.78, 5) is 19.0. The van der Waals surface area contributed by atoms with E-state index in [1.54, 1.807) is 11.3 Å². The van der Waals surface area contributed by atoms with Crippen molar-refractivity contribution in [2.45, 2.75) is 58.0 Å². The predicted octanol–water partition coefficient (Wildman–Crippen LogP) is 2.88. The van der Waals surface area contributed by atoms with Gasteiger partial charge in [-0.3, -0.25) is 9.69 Å². The number of carboxylic acid groups (broad SMARTS) is 1. The molecule has 1 aromatic rings. The number of carboxylic acids is 1. The van der Waals surface area contributed by atoms with Gasteiger partial charge in [0.25, 0.3) is 0 Å². The molecule has 1 atom stereocenters. The molecule has 4 nitrogen and oxygen atoms in total. The molecule has 5 heteroatoms. The number of rotatable bonds is 3. The zero-order valence-corrected chi connectivity index (χ0v) is 12.7. The topological polar surface area (TPSA) is 53.4 Å². The molecule has 1 aliphatic heterocycles. The maximum Gasteiger partial charge on any atom is 0.320 e. The highest BCUT2D eigenvalue weighted by Crippen LogP contribution is 2.28. The van der Waals surface area contributed by atoms with Crippen molar-refractivity contribution in [3.05, 3.63) is 16.1 Å². The molecule has 1 aromatic heterocycles. The normalized spacial score (nSPS) is 21.5. The lowest BCUT2D eigenvalue weighted by Gasteiger charge is -2.32. The van der Waals surface area contributed by atoms with Gasteiger partial charge in [-0.05, 0) is 19.4 Å². The van der Waals surface area contributed by atoms with Crippen molar-refractivity contribution in [2.75, 3.05) is 6.54 Å². The summed E-state index contributed by atoms with van der Waals surface area (Å²) in [5.74, 6) is -0.694. The first-order valence-corrected chi connectivity index (χ1v) is 7.61. The number of piperidine rings is 1. The van der Waals surface area contributed by atoms with Gasteiger partial charge in [0, 0.05) is 23.0 Å². The van der Waals surface area contributed by atoms with Crippen LogP contribution in [0.25, 0.3) is 0 Å². The third-order valence-corrected chi connectivity index (χ3v) is 4.86. The lowest BCUT2D eigenvalue weighted by molar-refractivity contribution is -0.144. The molecule has 2 heterocycles. The summed E-state index contributed by atoms with van der Waals surface area (Å²) < 4.78 is 0. The van der Waals surface area contributed by atoms with Crippen LogP contribution in [-0.2, 0) is 16.8 Å². The number of likely N-dealkylation sites (tertiary alicyclic amines) is 1. The van der Waals surface area contributed by atoms with Crippen LogP contribution in [0.15, 0.2) is 6.20 Å². The summed E-state index contributed by atoms with van der Waals surface area (Å²) in [5, 5.41) is 10.4. The average molecular weight is 282 g/mol. The maximum absolute atomic E-state index is 11.3. The van der Waals surface area contributed by atoms with E-state index in [1.165, 1.54) is 0 Å². The minimum Gasteiger partial charge on any atom is -0.480 e. The highest BCUT2D eigenvalue weighted by atomic mass is 32.1. The van der Waals surface area contributed by atoms with E-state index in [-0.39, 0.29) is 11.5 Å². The minimum atomic E-state index is -0.694. The molecular formula is C14H22N2O2S. The van der Waals surface area contributed by atoms with Crippen LogP contribution in [0.1, 0.15) is 49.9 Å². The standard InChI is InChI=1S/C14H22N2O2S/c1-14(2,3)13-15-8-10(19-13)9-16-7-5-4-6-11(16)12(17)18/h8,11H,4-7,9H2,1-3H3,(H,17,18). The van der Waals surface area contributed by atoms with Crippen LogP contribution in [0.3, 0.4) is 0 Å². The Morgan fingerprint density at radius 3 is 2.84 bits per heavy atom. The number of carbonyl (C=O) groups is 1. The highest BCUT2D eigenvalue weighted by Gasteiger charge is 2.29. The van der Waals surface area contributed by atoms with E-state index in [0.29, 0.717) is 6.54 Å². The first-order chi connectivity index (χ1) is 8.88. The van der Waals surface area contributed by atoms with Crippen molar-refractivity contribution >= 4 is 17.3 Å². The van der Waals surface area contributed by atoms with Crippen LogP contribution in [-0.4, -0.2) is 33.5 Å². The quantitative estimate of drug-likeness (QED) is 0.926. The minimum absolute atomic E-state index is 0.0665. The number of aliphatic carboxylic acids is 1. The monoisotopic (exact) mass is 282 g/mol. The number of hydrogen-bond acceptors (Lipinski definition) is 4. The van der Waals surface area contributed by atoms with Crippen LogP contribution in [0.4, 0.5) is 0 Å². The first kappa shape index (κ1) is 14.5. The number of nitrogens with zero attached hydrogens (tertiary/aromatic N) is 2. The third kappa shape index (κ3) is 3.54. The summed E-state index contributed by atoms with van der Waals surface area (Å²) in [6.45, 7) is 8.04. The maximum atomic E-state index is 11.3. The van der Waals surface area contributed by atoms with Crippen molar-refractivity contribution in [1.29, 1.82) is 0 Å². The van der Waals surface area contributed by atoms with Crippen molar-refractivity contribution in [3.8, 4) is 0 Å². The van der Waals surface area contributed by atoms with E-state index < -0.39 is 5.97 Å². The SMILES string of the molecule is CC(C)(C)c1ncc(CN2CCCCC2C(=O)O)s1. The molecule has 0 aromatic carbocycles. The average Bonchev–Trinajstić information content (AvgIpc) is 2.77. The summed E-state index contributed by atoms with van der Waals surface area (Å²) in [6, 6.07) is -0.325. The van der Waals surface area contributed by atoms with Gasteiger partial charge in [0.1, 0.15) is 6.04 Å². The summed E-state index contributed by atoms with van der Waals surface area (Å²) in [6.07, 6.45) is 4.77. The van der Waals surface area contributed by atoms with Gasteiger partial charge in [0.15, 0.2) is 0 Å². The van der Waals surface area contributed by atoms with Crippen LogP contribution in [0.5, 0.6) is 0 Å². The van der Waals surface area contributed by atoms with Gasteiger partial charge in [-0.2, -0.15) is 0 Å². The molecule has 1 saturated heterocycles. The van der Waals surface area contributed by atoms with E-state index in [0.717, 1.165) is 35.7 Å². The van der Waals surface area contributed by atoms with Crippen LogP contribution < -0.4 is 0 Å². The second-order valence-corrected chi connectivity index (χ2v) is 7.32. The smallest absolute Gasteiger partial charge is 0.320 e. The number of aromatic nitrogens is 1. The molecule has 1 fully saturated rings. The van der Waals surface area contributed by atoms with Crippen LogP contribution >= 0.6 is 11.3 Å². The lowest BCUT2D eigenvalue weighted by atomic mass is 9.98. The highest BCUT2D eigenvalue weighted by molar-refractivity contribution is 7.11. The molecule has 0 amide bonds. The second-order valence-electron chi connectivity index (χ2n) is 6.20. The molecule has 0 radical (unpaired) electrons. The Balaban J connectivity index is 2.07. The molecule has 0 saturated carbocycles. The van der Waals surface area contributed by atoms with Gasteiger partial charge in [0.05, 0.1) is 5.01 Å². The Hall–Kier alpha value is -0.940. The van der Waals surface area contributed by atoms with Crippen molar-refractivity contribution in [1.82, 2.24) is 9.88 Å².